The molecule has 4 heterocycles. The Bertz CT molecular complexity index is 1030. The largest absolute Gasteiger partial charge is 0.383 e. The number of nitrogens with zero attached hydrogens (tertiary/aromatic N) is 3. The van der Waals surface area contributed by atoms with Crippen molar-refractivity contribution >= 4 is 10.9 Å². The normalized spacial score (nSPS) is 23.7. The van der Waals surface area contributed by atoms with Gasteiger partial charge in [0.15, 0.2) is 0 Å². The molecular weight excluding hydrogens is 346 g/mol. The van der Waals surface area contributed by atoms with E-state index in [9.17, 15) is 5.11 Å². The van der Waals surface area contributed by atoms with E-state index < -0.39 is 5.60 Å². The van der Waals surface area contributed by atoms with Crippen LogP contribution in [0.4, 0.5) is 0 Å². The van der Waals surface area contributed by atoms with E-state index in [-0.39, 0.29) is 0 Å². The first kappa shape index (κ1) is 17.9. The summed E-state index contributed by atoms with van der Waals surface area (Å²) in [5.41, 5.74) is 5.56. The number of pyridine rings is 1. The fourth-order valence-electron chi connectivity index (χ4n) is 5.48. The van der Waals surface area contributed by atoms with Gasteiger partial charge >= 0.3 is 0 Å². The van der Waals surface area contributed by atoms with Crippen LogP contribution < -0.4 is 0 Å². The van der Waals surface area contributed by atoms with Crippen molar-refractivity contribution in [3.63, 3.8) is 0 Å². The van der Waals surface area contributed by atoms with Crippen LogP contribution in [0.5, 0.6) is 0 Å². The molecule has 0 spiro atoms. The number of fused-ring (bicyclic) bond motifs is 6. The summed E-state index contributed by atoms with van der Waals surface area (Å²) in [6.07, 6.45) is 7.81. The SMILES string of the molecule is CCC(O)(Cn1c2c(c3cc(C)ccc31)C1CCC(C2)N1C)c1ccncc1. The molecule has 1 aromatic carbocycles. The van der Waals surface area contributed by atoms with Gasteiger partial charge in [-0.25, -0.2) is 0 Å². The molecule has 3 atom stereocenters. The summed E-state index contributed by atoms with van der Waals surface area (Å²) in [7, 11) is 2.28. The monoisotopic (exact) mass is 375 g/mol. The number of benzene rings is 1. The first-order valence-electron chi connectivity index (χ1n) is 10.5. The van der Waals surface area contributed by atoms with E-state index >= 15 is 0 Å². The lowest BCUT2D eigenvalue weighted by Gasteiger charge is -2.34. The molecule has 2 aliphatic rings. The van der Waals surface area contributed by atoms with Gasteiger partial charge in [-0.3, -0.25) is 9.88 Å². The van der Waals surface area contributed by atoms with Crippen LogP contribution in [0.1, 0.15) is 54.6 Å². The van der Waals surface area contributed by atoms with Crippen molar-refractivity contribution in [2.75, 3.05) is 7.05 Å². The molecule has 1 saturated heterocycles. The van der Waals surface area contributed by atoms with Gasteiger partial charge in [0.2, 0.25) is 0 Å². The van der Waals surface area contributed by atoms with Crippen LogP contribution in [-0.2, 0) is 18.6 Å². The second-order valence-electron chi connectivity index (χ2n) is 8.70. The predicted molar refractivity (Wildman–Crippen MR) is 112 cm³/mol. The number of likely N-dealkylation sites (N-methyl/N-ethyl adjacent to an activating group) is 1. The highest BCUT2D eigenvalue weighted by atomic mass is 16.3. The van der Waals surface area contributed by atoms with E-state index in [0.29, 0.717) is 25.0 Å². The van der Waals surface area contributed by atoms with Crippen LogP contribution in [0.15, 0.2) is 42.7 Å². The van der Waals surface area contributed by atoms with Gasteiger partial charge in [-0.05, 0) is 68.6 Å². The number of aryl methyl sites for hydroxylation is 1. The number of aliphatic hydroxyl groups is 1. The van der Waals surface area contributed by atoms with Crippen molar-refractivity contribution in [3.8, 4) is 0 Å². The lowest BCUT2D eigenvalue weighted by molar-refractivity contribution is 0.0143. The zero-order valence-corrected chi connectivity index (χ0v) is 17.0. The summed E-state index contributed by atoms with van der Waals surface area (Å²) >= 11 is 0. The Morgan fingerprint density at radius 1 is 1.18 bits per heavy atom. The van der Waals surface area contributed by atoms with Gasteiger partial charge in [-0.2, -0.15) is 0 Å². The lowest BCUT2D eigenvalue weighted by Crippen LogP contribution is -2.36. The van der Waals surface area contributed by atoms with Crippen molar-refractivity contribution in [2.45, 2.75) is 63.8 Å². The van der Waals surface area contributed by atoms with Gasteiger partial charge in [0.1, 0.15) is 5.60 Å². The maximum Gasteiger partial charge on any atom is 0.107 e. The van der Waals surface area contributed by atoms with E-state index in [1.807, 2.05) is 12.1 Å². The van der Waals surface area contributed by atoms with E-state index in [1.165, 1.54) is 40.6 Å². The molecule has 4 heteroatoms. The molecule has 3 aromatic rings. The van der Waals surface area contributed by atoms with Gasteiger partial charge in [-0.1, -0.05) is 18.6 Å². The molecular formula is C24H29N3O. The van der Waals surface area contributed by atoms with Gasteiger partial charge in [0.25, 0.3) is 0 Å². The molecule has 5 rings (SSSR count). The highest BCUT2D eigenvalue weighted by Crippen LogP contribution is 2.47. The standard InChI is InChI=1S/C24H29N3O/c1-4-24(28,17-9-11-25-12-10-17)15-27-20-7-5-16(2)13-19(20)23-21-8-6-18(26(21)3)14-22(23)27/h5,7,9-13,18,21,28H,4,6,8,14-15H2,1-3H3. The fourth-order valence-corrected chi connectivity index (χ4v) is 5.48. The Morgan fingerprint density at radius 3 is 2.71 bits per heavy atom. The van der Waals surface area contributed by atoms with Crippen LogP contribution in [0.2, 0.25) is 0 Å². The molecule has 0 radical (unpaired) electrons. The quantitative estimate of drug-likeness (QED) is 0.738. The van der Waals surface area contributed by atoms with Crippen molar-refractivity contribution in [1.82, 2.24) is 14.5 Å². The van der Waals surface area contributed by atoms with Gasteiger partial charge in [0.05, 0.1) is 6.54 Å². The van der Waals surface area contributed by atoms with E-state index in [4.69, 9.17) is 0 Å². The van der Waals surface area contributed by atoms with Gasteiger partial charge < -0.3 is 9.67 Å². The van der Waals surface area contributed by atoms with Crippen molar-refractivity contribution in [1.29, 1.82) is 0 Å². The Kier molecular flexibility index (Phi) is 4.11. The van der Waals surface area contributed by atoms with Crippen molar-refractivity contribution < 1.29 is 5.11 Å². The smallest absolute Gasteiger partial charge is 0.107 e. The molecule has 0 aliphatic carbocycles. The number of rotatable bonds is 4. The summed E-state index contributed by atoms with van der Waals surface area (Å²) in [5, 5.41) is 13.0. The molecule has 146 valence electrons. The second kappa shape index (κ2) is 6.43. The summed E-state index contributed by atoms with van der Waals surface area (Å²) in [4.78, 5) is 6.71. The minimum atomic E-state index is -0.893. The molecule has 1 N–H and O–H groups in total. The Morgan fingerprint density at radius 2 is 1.96 bits per heavy atom. The number of hydrogen-bond donors (Lipinski definition) is 1. The maximum absolute atomic E-state index is 11.6. The summed E-state index contributed by atoms with van der Waals surface area (Å²) in [6, 6.07) is 11.8. The molecule has 2 aliphatic heterocycles. The van der Waals surface area contributed by atoms with Crippen molar-refractivity contribution in [3.05, 3.63) is 65.1 Å². The molecule has 2 bridgehead atoms. The van der Waals surface area contributed by atoms with Gasteiger partial charge in [0, 0.05) is 47.5 Å². The van der Waals surface area contributed by atoms with Crippen LogP contribution in [0.25, 0.3) is 10.9 Å². The zero-order chi connectivity index (χ0) is 19.5. The topological polar surface area (TPSA) is 41.3 Å². The van der Waals surface area contributed by atoms with Gasteiger partial charge in [-0.15, -0.1) is 0 Å². The molecule has 2 aromatic heterocycles. The zero-order valence-electron chi connectivity index (χ0n) is 17.0. The highest BCUT2D eigenvalue weighted by molar-refractivity contribution is 5.87. The Hall–Kier alpha value is -2.17. The van der Waals surface area contributed by atoms with Crippen LogP contribution in [0, 0.1) is 6.92 Å². The highest BCUT2D eigenvalue weighted by Gasteiger charge is 2.41. The first-order chi connectivity index (χ1) is 13.5. The fraction of sp³-hybridized carbons (Fsp3) is 0.458. The number of hydrogen-bond acceptors (Lipinski definition) is 3. The first-order valence-corrected chi connectivity index (χ1v) is 10.5. The molecule has 3 unspecified atom stereocenters. The molecule has 1 fully saturated rings. The summed E-state index contributed by atoms with van der Waals surface area (Å²) < 4.78 is 2.42. The van der Waals surface area contributed by atoms with Crippen LogP contribution in [0.3, 0.4) is 0 Å². The van der Waals surface area contributed by atoms with Crippen LogP contribution in [-0.4, -0.2) is 32.6 Å². The minimum absolute atomic E-state index is 0.509. The van der Waals surface area contributed by atoms with E-state index in [0.717, 1.165) is 12.0 Å². The lowest BCUT2D eigenvalue weighted by atomic mass is 9.91. The predicted octanol–water partition coefficient (Wildman–Crippen LogP) is 4.33. The third-order valence-electron chi connectivity index (χ3n) is 7.20. The minimum Gasteiger partial charge on any atom is -0.383 e. The second-order valence-corrected chi connectivity index (χ2v) is 8.70. The van der Waals surface area contributed by atoms with E-state index in [2.05, 4.69) is 53.5 Å². The molecule has 0 saturated carbocycles. The average molecular weight is 376 g/mol. The van der Waals surface area contributed by atoms with Crippen LogP contribution >= 0.6 is 0 Å². The maximum atomic E-state index is 11.6. The third-order valence-corrected chi connectivity index (χ3v) is 7.20. The third kappa shape index (κ3) is 2.55. The Labute approximate surface area is 166 Å². The molecule has 28 heavy (non-hydrogen) atoms. The average Bonchev–Trinajstić information content (AvgIpc) is 3.12. The summed E-state index contributed by atoms with van der Waals surface area (Å²) in [5.74, 6) is 0. The van der Waals surface area contributed by atoms with Crippen molar-refractivity contribution in [2.24, 2.45) is 0 Å². The van der Waals surface area contributed by atoms with E-state index in [1.54, 1.807) is 12.4 Å². The molecule has 4 nitrogen and oxygen atoms in total. The number of aromatic nitrogens is 2. The molecule has 0 amide bonds. The summed E-state index contributed by atoms with van der Waals surface area (Å²) in [6.45, 7) is 4.83. The Balaban J connectivity index is 1.69.